The maximum atomic E-state index is 12.0. The monoisotopic (exact) mass is 303 g/mol. The van der Waals surface area contributed by atoms with Crippen molar-refractivity contribution < 1.29 is 26.7 Å². The lowest BCUT2D eigenvalue weighted by atomic mass is 9.92. The maximum Gasteiger partial charge on any atom is 0.389 e. The number of nitrogens with zero attached hydrogens (tertiary/aromatic N) is 1. The van der Waals surface area contributed by atoms with Crippen molar-refractivity contribution in [1.29, 1.82) is 0 Å². The molecular formula is C11H20F3NO3S. The third-order valence-corrected chi connectivity index (χ3v) is 4.59. The van der Waals surface area contributed by atoms with Gasteiger partial charge in [-0.2, -0.15) is 13.2 Å². The average molecular weight is 303 g/mol. The van der Waals surface area contributed by atoms with Gasteiger partial charge in [-0.25, -0.2) is 12.7 Å². The highest BCUT2D eigenvalue weighted by molar-refractivity contribution is 7.88. The van der Waals surface area contributed by atoms with E-state index in [1.54, 1.807) is 0 Å². The first-order chi connectivity index (χ1) is 8.58. The van der Waals surface area contributed by atoms with Gasteiger partial charge >= 0.3 is 6.18 Å². The van der Waals surface area contributed by atoms with Gasteiger partial charge in [-0.05, 0) is 31.6 Å². The van der Waals surface area contributed by atoms with Gasteiger partial charge in [0.1, 0.15) is 0 Å². The van der Waals surface area contributed by atoms with Crippen LogP contribution >= 0.6 is 0 Å². The molecule has 1 fully saturated rings. The van der Waals surface area contributed by atoms with Crippen molar-refractivity contribution in [3.05, 3.63) is 0 Å². The Kier molecular flexibility index (Phi) is 5.64. The van der Waals surface area contributed by atoms with E-state index in [1.165, 1.54) is 4.31 Å². The molecule has 2 unspecified atom stereocenters. The Balaban J connectivity index is 2.40. The highest BCUT2D eigenvalue weighted by Crippen LogP contribution is 2.27. The molecule has 0 aromatic heterocycles. The molecule has 1 rings (SSSR count). The van der Waals surface area contributed by atoms with Crippen LogP contribution in [0.5, 0.6) is 0 Å². The largest absolute Gasteiger partial charge is 0.393 e. The van der Waals surface area contributed by atoms with Crippen molar-refractivity contribution in [3.63, 3.8) is 0 Å². The van der Waals surface area contributed by atoms with Crippen molar-refractivity contribution in [1.82, 2.24) is 4.31 Å². The molecule has 8 heteroatoms. The predicted molar refractivity (Wildman–Crippen MR) is 65.1 cm³/mol. The lowest BCUT2D eigenvalue weighted by Gasteiger charge is -2.32. The van der Waals surface area contributed by atoms with Gasteiger partial charge in [-0.3, -0.25) is 0 Å². The summed E-state index contributed by atoms with van der Waals surface area (Å²) in [4.78, 5) is 0. The third kappa shape index (κ3) is 6.58. The van der Waals surface area contributed by atoms with E-state index in [-0.39, 0.29) is 18.8 Å². The minimum atomic E-state index is -4.26. The molecule has 0 aromatic carbocycles. The van der Waals surface area contributed by atoms with Crippen LogP contribution in [0.25, 0.3) is 0 Å². The van der Waals surface area contributed by atoms with E-state index >= 15 is 0 Å². The predicted octanol–water partition coefficient (Wildman–Crippen LogP) is 1.75. The molecule has 0 saturated carbocycles. The molecule has 2 atom stereocenters. The van der Waals surface area contributed by atoms with Crippen molar-refractivity contribution in [2.75, 3.05) is 19.3 Å². The van der Waals surface area contributed by atoms with Gasteiger partial charge in [0.05, 0.1) is 12.4 Å². The second-order valence-electron chi connectivity index (χ2n) is 5.17. The van der Waals surface area contributed by atoms with E-state index in [4.69, 9.17) is 0 Å². The van der Waals surface area contributed by atoms with E-state index in [1.807, 2.05) is 0 Å². The molecule has 0 amide bonds. The summed E-state index contributed by atoms with van der Waals surface area (Å²) < 4.78 is 60.2. The summed E-state index contributed by atoms with van der Waals surface area (Å²) in [6, 6.07) is 0. The Morgan fingerprint density at radius 2 is 2.05 bits per heavy atom. The first-order valence-electron chi connectivity index (χ1n) is 6.28. The number of rotatable bonds is 5. The zero-order chi connectivity index (χ0) is 14.7. The van der Waals surface area contributed by atoms with Crippen LogP contribution in [0.2, 0.25) is 0 Å². The van der Waals surface area contributed by atoms with Crippen LogP contribution in [0.3, 0.4) is 0 Å². The zero-order valence-corrected chi connectivity index (χ0v) is 11.7. The van der Waals surface area contributed by atoms with Crippen molar-refractivity contribution in [3.8, 4) is 0 Å². The van der Waals surface area contributed by atoms with Crippen LogP contribution in [0.15, 0.2) is 0 Å². The number of aliphatic hydroxyl groups excluding tert-OH is 1. The minimum Gasteiger partial charge on any atom is -0.393 e. The highest BCUT2D eigenvalue weighted by atomic mass is 32.2. The fourth-order valence-electron chi connectivity index (χ4n) is 2.35. The molecule has 0 aliphatic carbocycles. The van der Waals surface area contributed by atoms with E-state index in [2.05, 4.69) is 0 Å². The molecule has 0 radical (unpaired) electrons. The van der Waals surface area contributed by atoms with Crippen LogP contribution in [0.1, 0.15) is 32.1 Å². The minimum absolute atomic E-state index is 0.0632. The van der Waals surface area contributed by atoms with E-state index < -0.39 is 28.7 Å². The molecule has 0 spiro atoms. The SMILES string of the molecule is CS(=O)(=O)N1CCCC(CC(O)CCC(F)(F)F)C1. The molecule has 0 aromatic rings. The fourth-order valence-corrected chi connectivity index (χ4v) is 3.30. The molecule has 19 heavy (non-hydrogen) atoms. The molecule has 0 bridgehead atoms. The van der Waals surface area contributed by atoms with Gasteiger partial charge < -0.3 is 5.11 Å². The lowest BCUT2D eigenvalue weighted by Crippen LogP contribution is -2.40. The second-order valence-corrected chi connectivity index (χ2v) is 7.16. The molecule has 1 heterocycles. The number of sulfonamides is 1. The maximum absolute atomic E-state index is 12.0. The fraction of sp³-hybridized carbons (Fsp3) is 1.00. The third-order valence-electron chi connectivity index (χ3n) is 3.32. The van der Waals surface area contributed by atoms with Crippen LogP contribution < -0.4 is 0 Å². The number of hydrogen-bond donors (Lipinski definition) is 1. The normalized spacial score (nSPS) is 24.4. The standard InChI is InChI=1S/C11H20F3NO3S/c1-19(17,18)15-6-2-3-9(8-15)7-10(16)4-5-11(12,13)14/h9-10,16H,2-8H2,1H3. The first-order valence-corrected chi connectivity index (χ1v) is 8.12. The second kappa shape index (κ2) is 6.41. The molecule has 1 N–H and O–H groups in total. The van der Waals surface area contributed by atoms with Crippen LogP contribution in [0.4, 0.5) is 13.2 Å². The summed E-state index contributed by atoms with van der Waals surface area (Å²) in [6.45, 7) is 0.746. The summed E-state index contributed by atoms with van der Waals surface area (Å²) in [5.41, 5.74) is 0. The first kappa shape index (κ1) is 16.7. The molecular weight excluding hydrogens is 283 g/mol. The quantitative estimate of drug-likeness (QED) is 0.842. The topological polar surface area (TPSA) is 57.6 Å². The van der Waals surface area contributed by atoms with Crippen LogP contribution in [-0.4, -0.2) is 49.5 Å². The van der Waals surface area contributed by atoms with Gasteiger partial charge in [0.25, 0.3) is 0 Å². The number of halogens is 3. The molecule has 1 aliphatic heterocycles. The molecule has 4 nitrogen and oxygen atoms in total. The molecule has 114 valence electrons. The number of hydrogen-bond acceptors (Lipinski definition) is 3. The van der Waals surface area contributed by atoms with Gasteiger partial charge in [-0.15, -0.1) is 0 Å². The van der Waals surface area contributed by atoms with Gasteiger partial charge in [-0.1, -0.05) is 0 Å². The van der Waals surface area contributed by atoms with Crippen LogP contribution in [-0.2, 0) is 10.0 Å². The Morgan fingerprint density at radius 1 is 1.42 bits per heavy atom. The molecule has 1 saturated heterocycles. The molecule has 1 aliphatic rings. The van der Waals surface area contributed by atoms with E-state index in [9.17, 15) is 26.7 Å². The van der Waals surface area contributed by atoms with Crippen LogP contribution in [0, 0.1) is 5.92 Å². The smallest absolute Gasteiger partial charge is 0.389 e. The highest BCUT2D eigenvalue weighted by Gasteiger charge is 2.30. The average Bonchev–Trinajstić information content (AvgIpc) is 2.25. The zero-order valence-electron chi connectivity index (χ0n) is 10.9. The Hall–Kier alpha value is -0.340. The summed E-state index contributed by atoms with van der Waals surface area (Å²) in [5, 5.41) is 9.59. The Labute approximate surface area is 111 Å². The summed E-state index contributed by atoms with van der Waals surface area (Å²) in [5.74, 6) is -0.0632. The number of alkyl halides is 3. The summed E-state index contributed by atoms with van der Waals surface area (Å²) in [6.07, 6.45) is -3.83. The van der Waals surface area contributed by atoms with Gasteiger partial charge in [0.2, 0.25) is 10.0 Å². The van der Waals surface area contributed by atoms with E-state index in [0.29, 0.717) is 19.5 Å². The van der Waals surface area contributed by atoms with Gasteiger partial charge in [0, 0.05) is 19.5 Å². The summed E-state index contributed by atoms with van der Waals surface area (Å²) in [7, 11) is -3.26. The summed E-state index contributed by atoms with van der Waals surface area (Å²) >= 11 is 0. The lowest BCUT2D eigenvalue weighted by molar-refractivity contribution is -0.140. The Morgan fingerprint density at radius 3 is 2.58 bits per heavy atom. The number of piperidine rings is 1. The Bertz CT molecular complexity index is 383. The van der Waals surface area contributed by atoms with Crippen molar-refractivity contribution in [2.24, 2.45) is 5.92 Å². The van der Waals surface area contributed by atoms with E-state index in [0.717, 1.165) is 12.7 Å². The van der Waals surface area contributed by atoms with Crippen molar-refractivity contribution >= 4 is 10.0 Å². The van der Waals surface area contributed by atoms with Crippen molar-refractivity contribution in [2.45, 2.75) is 44.4 Å². The van der Waals surface area contributed by atoms with Gasteiger partial charge in [0.15, 0.2) is 0 Å². The number of aliphatic hydroxyl groups is 1.